The van der Waals surface area contributed by atoms with Gasteiger partial charge in [-0.2, -0.15) is 18.2 Å². The highest BCUT2D eigenvalue weighted by molar-refractivity contribution is 6.03. The number of hydrogen-bond donors (Lipinski definition) is 1. The predicted octanol–water partition coefficient (Wildman–Crippen LogP) is 4.81. The minimum absolute atomic E-state index is 0.152. The van der Waals surface area contributed by atoms with Crippen molar-refractivity contribution < 1.29 is 27.2 Å². The van der Waals surface area contributed by atoms with Crippen LogP contribution in [0.3, 0.4) is 0 Å². The first-order valence-electron chi connectivity index (χ1n) is 13.8. The predicted molar refractivity (Wildman–Crippen MR) is 140 cm³/mol. The molecule has 0 radical (unpaired) electrons. The number of nitrogens with zero attached hydrogens (tertiary/aromatic N) is 5. The molecule has 212 valence electrons. The Kier molecular flexibility index (Phi) is 7.99. The molecule has 2 amide bonds. The van der Waals surface area contributed by atoms with Crippen molar-refractivity contribution in [3.63, 3.8) is 0 Å². The highest BCUT2D eigenvalue weighted by Gasteiger charge is 2.42. The number of piperidine rings is 1. The fourth-order valence-corrected chi connectivity index (χ4v) is 5.79. The third kappa shape index (κ3) is 6.30. The van der Waals surface area contributed by atoms with Gasteiger partial charge in [-0.05, 0) is 50.2 Å². The molecule has 12 heteroatoms. The number of rotatable bonds is 5. The zero-order valence-corrected chi connectivity index (χ0v) is 22.2. The number of halogens is 3. The molecular weight excluding hydrogens is 513 g/mol. The Morgan fingerprint density at radius 2 is 1.74 bits per heavy atom. The van der Waals surface area contributed by atoms with E-state index in [4.69, 9.17) is 4.42 Å². The Morgan fingerprint density at radius 3 is 2.44 bits per heavy atom. The van der Waals surface area contributed by atoms with Crippen LogP contribution in [0.2, 0.25) is 0 Å². The van der Waals surface area contributed by atoms with Crippen molar-refractivity contribution >= 4 is 29.3 Å². The molecule has 1 unspecified atom stereocenters. The normalized spacial score (nSPS) is 21.2. The molecule has 3 fully saturated rings. The number of aromatic nitrogens is 2. The van der Waals surface area contributed by atoms with Crippen LogP contribution in [0.4, 0.5) is 30.7 Å². The molecule has 2 aliphatic heterocycles. The van der Waals surface area contributed by atoms with Crippen LogP contribution in [0.1, 0.15) is 68.1 Å². The number of nitrogens with one attached hydrogen (secondary N) is 1. The third-order valence-electron chi connectivity index (χ3n) is 7.86. The summed E-state index contributed by atoms with van der Waals surface area (Å²) >= 11 is 0. The zero-order chi connectivity index (χ0) is 27.6. The minimum Gasteiger partial charge on any atom is -0.417 e. The lowest BCUT2D eigenvalue weighted by molar-refractivity contribution is -0.141. The van der Waals surface area contributed by atoms with Gasteiger partial charge in [0.05, 0.1) is 11.9 Å². The summed E-state index contributed by atoms with van der Waals surface area (Å²) in [5.41, 5.74) is -1.09. The number of hydrogen-bond acceptors (Lipinski definition) is 7. The van der Waals surface area contributed by atoms with E-state index in [0.717, 1.165) is 58.0 Å². The Bertz CT molecular complexity index is 1160. The smallest absolute Gasteiger partial charge is 0.417 e. The Balaban J connectivity index is 1.23. The summed E-state index contributed by atoms with van der Waals surface area (Å²) in [5.74, 6) is -0.513. The molecule has 2 aromatic rings. The van der Waals surface area contributed by atoms with Gasteiger partial charge in [-0.25, -0.2) is 4.98 Å². The molecule has 1 N–H and O–H groups in total. The zero-order valence-electron chi connectivity index (χ0n) is 22.2. The maximum atomic E-state index is 13.7. The average Bonchev–Trinajstić information content (AvgIpc) is 3.55. The summed E-state index contributed by atoms with van der Waals surface area (Å²) in [6, 6.07) is 3.13. The topological polar surface area (TPSA) is 94.8 Å². The Hall–Kier alpha value is -3.31. The maximum absolute atomic E-state index is 13.7. The van der Waals surface area contributed by atoms with Gasteiger partial charge in [0.15, 0.2) is 5.69 Å². The highest BCUT2D eigenvalue weighted by atomic mass is 19.4. The molecule has 0 spiro atoms. The molecule has 5 rings (SSSR count). The Labute approximate surface area is 225 Å². The van der Waals surface area contributed by atoms with Gasteiger partial charge < -0.3 is 24.4 Å². The second-order valence-electron chi connectivity index (χ2n) is 10.9. The maximum Gasteiger partial charge on any atom is 0.437 e. The van der Waals surface area contributed by atoms with Gasteiger partial charge in [0.25, 0.3) is 11.9 Å². The first kappa shape index (κ1) is 27.3. The van der Waals surface area contributed by atoms with Crippen LogP contribution in [0.25, 0.3) is 0 Å². The number of oxazole rings is 1. The van der Waals surface area contributed by atoms with Crippen molar-refractivity contribution in [1.82, 2.24) is 14.9 Å². The Morgan fingerprint density at radius 1 is 0.974 bits per heavy atom. The number of alkyl halides is 3. The molecule has 0 aromatic carbocycles. The van der Waals surface area contributed by atoms with Gasteiger partial charge in [-0.3, -0.25) is 9.59 Å². The molecular formula is C27H35F3N6O3. The van der Waals surface area contributed by atoms with Gasteiger partial charge in [0, 0.05) is 45.2 Å². The van der Waals surface area contributed by atoms with Crippen molar-refractivity contribution in [2.24, 2.45) is 11.8 Å². The molecule has 0 bridgehead atoms. The minimum atomic E-state index is -4.84. The second kappa shape index (κ2) is 11.4. The van der Waals surface area contributed by atoms with Crippen molar-refractivity contribution in [2.45, 2.75) is 58.0 Å². The van der Waals surface area contributed by atoms with Gasteiger partial charge in [0.2, 0.25) is 11.7 Å². The number of pyridine rings is 1. The van der Waals surface area contributed by atoms with Crippen LogP contribution in [0.5, 0.6) is 0 Å². The van der Waals surface area contributed by atoms with Crippen molar-refractivity contribution in [1.29, 1.82) is 0 Å². The number of carbonyl (C=O) groups is 2. The SMILES string of the molecule is CC1CCCN(c2nc(C(F)(F)F)c(C(=O)Nc3ccc(N4CCCN(C(=O)C5CCCC5)CC4)nc3)o2)C1. The third-order valence-corrected chi connectivity index (χ3v) is 7.86. The molecule has 3 aliphatic rings. The molecule has 2 aromatic heterocycles. The van der Waals surface area contributed by atoms with Crippen LogP contribution in [-0.2, 0) is 11.0 Å². The lowest BCUT2D eigenvalue weighted by atomic mass is 10.0. The van der Waals surface area contributed by atoms with E-state index >= 15 is 0 Å². The number of amides is 2. The molecule has 2 saturated heterocycles. The van der Waals surface area contributed by atoms with E-state index in [2.05, 4.69) is 20.2 Å². The van der Waals surface area contributed by atoms with E-state index in [1.807, 2.05) is 11.8 Å². The first-order chi connectivity index (χ1) is 18.7. The van der Waals surface area contributed by atoms with Crippen molar-refractivity contribution in [2.75, 3.05) is 54.4 Å². The molecule has 4 heterocycles. The van der Waals surface area contributed by atoms with Gasteiger partial charge in [0.1, 0.15) is 5.82 Å². The summed E-state index contributed by atoms with van der Waals surface area (Å²) < 4.78 is 46.5. The fourth-order valence-electron chi connectivity index (χ4n) is 5.79. The van der Waals surface area contributed by atoms with E-state index < -0.39 is 23.5 Å². The van der Waals surface area contributed by atoms with Crippen LogP contribution in [0.15, 0.2) is 22.7 Å². The standard InChI is InChI=1S/C27H35F3N6O3/c1-18-6-4-11-36(17-18)26-33-23(27(28,29)30)22(39-26)24(37)32-20-9-10-21(31-16-20)34-12-5-13-35(15-14-34)25(38)19-7-2-3-8-19/h9-10,16,18-19H,2-8,11-15,17H2,1H3,(H,32,37). The fraction of sp³-hybridized carbons (Fsp3) is 0.630. The largest absolute Gasteiger partial charge is 0.437 e. The van der Waals surface area contributed by atoms with Gasteiger partial charge in [-0.15, -0.1) is 0 Å². The summed E-state index contributed by atoms with van der Waals surface area (Å²) in [6.07, 6.45) is 3.39. The van der Waals surface area contributed by atoms with Crippen LogP contribution in [-0.4, -0.2) is 66.0 Å². The highest BCUT2D eigenvalue weighted by Crippen LogP contribution is 2.35. The summed E-state index contributed by atoms with van der Waals surface area (Å²) in [4.78, 5) is 39.4. The van der Waals surface area contributed by atoms with E-state index in [1.54, 1.807) is 17.0 Å². The van der Waals surface area contributed by atoms with E-state index in [-0.39, 0.29) is 23.5 Å². The van der Waals surface area contributed by atoms with Crippen LogP contribution in [0, 0.1) is 11.8 Å². The molecule has 1 atom stereocenters. The summed E-state index contributed by atoms with van der Waals surface area (Å²) in [7, 11) is 0. The second-order valence-corrected chi connectivity index (χ2v) is 10.9. The van der Waals surface area contributed by atoms with Crippen LogP contribution >= 0.6 is 0 Å². The van der Waals surface area contributed by atoms with E-state index in [1.165, 1.54) is 6.20 Å². The van der Waals surface area contributed by atoms with Crippen LogP contribution < -0.4 is 15.1 Å². The van der Waals surface area contributed by atoms with Crippen molar-refractivity contribution in [3.8, 4) is 0 Å². The van der Waals surface area contributed by atoms with Crippen molar-refractivity contribution in [3.05, 3.63) is 29.8 Å². The lowest BCUT2D eigenvalue weighted by Crippen LogP contribution is -2.38. The van der Waals surface area contributed by atoms with E-state index in [0.29, 0.717) is 37.9 Å². The quantitative estimate of drug-likeness (QED) is 0.573. The molecule has 1 aliphatic carbocycles. The number of anilines is 3. The molecule has 39 heavy (non-hydrogen) atoms. The summed E-state index contributed by atoms with van der Waals surface area (Å²) in [5, 5.41) is 2.47. The lowest BCUT2D eigenvalue weighted by Gasteiger charge is -2.29. The first-order valence-corrected chi connectivity index (χ1v) is 13.8. The molecule has 1 saturated carbocycles. The molecule has 9 nitrogen and oxygen atoms in total. The van der Waals surface area contributed by atoms with Gasteiger partial charge >= 0.3 is 6.18 Å². The summed E-state index contributed by atoms with van der Waals surface area (Å²) in [6.45, 7) is 5.78. The monoisotopic (exact) mass is 548 g/mol. The van der Waals surface area contributed by atoms with E-state index in [9.17, 15) is 22.8 Å². The average molecular weight is 549 g/mol. The van der Waals surface area contributed by atoms with Gasteiger partial charge in [-0.1, -0.05) is 19.8 Å². The number of carbonyl (C=O) groups excluding carboxylic acids is 2.